The summed E-state index contributed by atoms with van der Waals surface area (Å²) in [6.07, 6.45) is 0.961. The van der Waals surface area contributed by atoms with Gasteiger partial charge in [-0.15, -0.1) is 23.7 Å². The molecule has 1 aliphatic heterocycles. The molecule has 0 bridgehead atoms. The summed E-state index contributed by atoms with van der Waals surface area (Å²) in [5, 5.41) is 0. The minimum atomic E-state index is 0. The van der Waals surface area contributed by atoms with Gasteiger partial charge in [-0.2, -0.15) is 0 Å². The van der Waals surface area contributed by atoms with Gasteiger partial charge in [0.2, 0.25) is 0 Å². The monoisotopic (exact) mass is 382 g/mol. The summed E-state index contributed by atoms with van der Waals surface area (Å²) in [6, 6.07) is 0. The topological polar surface area (TPSA) is 55.6 Å². The van der Waals surface area contributed by atoms with Gasteiger partial charge in [0, 0.05) is 18.0 Å². The third kappa shape index (κ3) is 3.13. The number of amides is 1. The summed E-state index contributed by atoms with van der Waals surface area (Å²) in [4.78, 5) is 16.2. The van der Waals surface area contributed by atoms with Gasteiger partial charge in [-0.05, 0) is 41.2 Å². The Morgan fingerprint density at radius 2 is 2.25 bits per heavy atom. The lowest BCUT2D eigenvalue weighted by atomic mass is 9.90. The first-order valence-corrected chi connectivity index (χ1v) is 7.85. The SMILES string of the molecule is COc1c(C(=O)N2CCC(C)(CN)C2)sc(C)c1Br.Cl. The highest BCUT2D eigenvalue weighted by atomic mass is 79.9. The fourth-order valence-corrected chi connectivity index (χ4v) is 4.05. The lowest BCUT2D eigenvalue weighted by Gasteiger charge is -2.22. The molecule has 1 fully saturated rings. The number of nitrogens with zero attached hydrogens (tertiary/aromatic N) is 1. The van der Waals surface area contributed by atoms with Crippen LogP contribution >= 0.6 is 39.7 Å². The first-order chi connectivity index (χ1) is 8.91. The molecule has 1 aromatic rings. The zero-order valence-electron chi connectivity index (χ0n) is 11.9. The average Bonchev–Trinajstić information content (AvgIpc) is 2.92. The zero-order valence-corrected chi connectivity index (χ0v) is 15.1. The molecular weight excluding hydrogens is 364 g/mol. The molecule has 114 valence electrons. The Labute approximate surface area is 138 Å². The maximum atomic E-state index is 12.6. The first kappa shape index (κ1) is 17.8. The third-order valence-electron chi connectivity index (χ3n) is 3.71. The normalized spacial score (nSPS) is 21.8. The quantitative estimate of drug-likeness (QED) is 0.872. The first-order valence-electron chi connectivity index (χ1n) is 6.24. The van der Waals surface area contributed by atoms with Crippen LogP contribution in [0, 0.1) is 12.3 Å². The number of halogens is 2. The Hall–Kier alpha value is -0.300. The predicted molar refractivity (Wildman–Crippen MR) is 88.2 cm³/mol. The number of thiophene rings is 1. The molecule has 1 aromatic heterocycles. The summed E-state index contributed by atoms with van der Waals surface area (Å²) in [5.74, 6) is 0.696. The molecule has 1 unspecified atom stereocenters. The fraction of sp³-hybridized carbons (Fsp3) is 0.615. The molecule has 7 heteroatoms. The summed E-state index contributed by atoms with van der Waals surface area (Å²) < 4.78 is 6.23. The highest BCUT2D eigenvalue weighted by Crippen LogP contribution is 2.41. The second-order valence-corrected chi connectivity index (χ2v) is 7.34. The highest BCUT2D eigenvalue weighted by molar-refractivity contribution is 9.10. The summed E-state index contributed by atoms with van der Waals surface area (Å²) in [6.45, 7) is 6.21. The van der Waals surface area contributed by atoms with Crippen molar-refractivity contribution in [3.05, 3.63) is 14.2 Å². The maximum absolute atomic E-state index is 12.6. The molecule has 2 heterocycles. The van der Waals surface area contributed by atoms with Gasteiger partial charge in [0.1, 0.15) is 4.88 Å². The zero-order chi connectivity index (χ0) is 14.2. The summed E-state index contributed by atoms with van der Waals surface area (Å²) in [7, 11) is 1.59. The van der Waals surface area contributed by atoms with E-state index in [1.807, 2.05) is 11.8 Å². The molecule has 0 aliphatic carbocycles. The van der Waals surface area contributed by atoms with Crippen LogP contribution in [0.25, 0.3) is 0 Å². The molecule has 2 rings (SSSR count). The van der Waals surface area contributed by atoms with Crippen LogP contribution in [0.4, 0.5) is 0 Å². The van der Waals surface area contributed by atoms with E-state index in [-0.39, 0.29) is 23.7 Å². The van der Waals surface area contributed by atoms with E-state index in [2.05, 4.69) is 22.9 Å². The van der Waals surface area contributed by atoms with Crippen molar-refractivity contribution < 1.29 is 9.53 Å². The molecule has 1 aliphatic rings. The van der Waals surface area contributed by atoms with E-state index in [0.29, 0.717) is 17.2 Å². The van der Waals surface area contributed by atoms with Gasteiger partial charge in [-0.25, -0.2) is 0 Å². The largest absolute Gasteiger partial charge is 0.494 e. The van der Waals surface area contributed by atoms with Crippen molar-refractivity contribution in [2.24, 2.45) is 11.1 Å². The molecular formula is C13H20BrClN2O2S. The van der Waals surface area contributed by atoms with E-state index < -0.39 is 0 Å². The van der Waals surface area contributed by atoms with E-state index in [0.717, 1.165) is 28.9 Å². The van der Waals surface area contributed by atoms with Crippen LogP contribution in [-0.2, 0) is 0 Å². The highest BCUT2D eigenvalue weighted by Gasteiger charge is 2.36. The van der Waals surface area contributed by atoms with Gasteiger partial charge in [-0.1, -0.05) is 6.92 Å². The Balaban J connectivity index is 0.00000200. The van der Waals surface area contributed by atoms with Crippen molar-refractivity contribution in [3.8, 4) is 5.75 Å². The van der Waals surface area contributed by atoms with Gasteiger partial charge in [0.15, 0.2) is 5.75 Å². The van der Waals surface area contributed by atoms with Gasteiger partial charge in [0.05, 0.1) is 11.6 Å². The van der Waals surface area contributed by atoms with E-state index >= 15 is 0 Å². The van der Waals surface area contributed by atoms with Crippen LogP contribution in [0.3, 0.4) is 0 Å². The molecule has 0 spiro atoms. The van der Waals surface area contributed by atoms with Crippen LogP contribution in [0.2, 0.25) is 0 Å². The van der Waals surface area contributed by atoms with Crippen LogP contribution < -0.4 is 10.5 Å². The molecule has 20 heavy (non-hydrogen) atoms. The van der Waals surface area contributed by atoms with Crippen LogP contribution in [0.1, 0.15) is 27.9 Å². The lowest BCUT2D eigenvalue weighted by Crippen LogP contribution is -2.34. The molecule has 0 saturated carbocycles. The Bertz CT molecular complexity index is 509. The van der Waals surface area contributed by atoms with Crippen molar-refractivity contribution in [1.82, 2.24) is 4.90 Å². The Morgan fingerprint density at radius 1 is 1.60 bits per heavy atom. The number of carbonyl (C=O) groups excluding carboxylic acids is 1. The smallest absolute Gasteiger partial charge is 0.267 e. The lowest BCUT2D eigenvalue weighted by molar-refractivity contribution is 0.0778. The number of carbonyl (C=O) groups is 1. The van der Waals surface area contributed by atoms with Crippen molar-refractivity contribution in [2.45, 2.75) is 20.3 Å². The average molecular weight is 384 g/mol. The van der Waals surface area contributed by atoms with Crippen molar-refractivity contribution in [2.75, 3.05) is 26.7 Å². The van der Waals surface area contributed by atoms with E-state index in [9.17, 15) is 4.79 Å². The van der Waals surface area contributed by atoms with Crippen LogP contribution in [-0.4, -0.2) is 37.6 Å². The molecule has 0 aromatic carbocycles. The van der Waals surface area contributed by atoms with E-state index in [4.69, 9.17) is 10.5 Å². The standard InChI is InChI=1S/C13H19BrN2O2S.ClH/c1-8-9(14)10(18-3)11(19-8)12(17)16-5-4-13(2,6-15)7-16;/h4-7,15H2,1-3H3;1H. The molecule has 4 nitrogen and oxygen atoms in total. The number of ether oxygens (including phenoxy) is 1. The maximum Gasteiger partial charge on any atom is 0.267 e. The Morgan fingerprint density at radius 3 is 2.75 bits per heavy atom. The number of methoxy groups -OCH3 is 1. The van der Waals surface area contributed by atoms with Gasteiger partial charge < -0.3 is 15.4 Å². The number of likely N-dealkylation sites (tertiary alicyclic amines) is 1. The van der Waals surface area contributed by atoms with Crippen molar-refractivity contribution in [3.63, 3.8) is 0 Å². The molecule has 1 saturated heterocycles. The van der Waals surface area contributed by atoms with Gasteiger partial charge >= 0.3 is 0 Å². The predicted octanol–water partition coefficient (Wildman–Crippen LogP) is 3.06. The van der Waals surface area contributed by atoms with Crippen molar-refractivity contribution in [1.29, 1.82) is 0 Å². The molecule has 1 atom stereocenters. The Kier molecular flexibility index (Phi) is 5.89. The molecule has 2 N–H and O–H groups in total. The van der Waals surface area contributed by atoms with Gasteiger partial charge in [-0.3, -0.25) is 4.79 Å². The van der Waals surface area contributed by atoms with Crippen molar-refractivity contribution >= 4 is 45.6 Å². The second-order valence-electron chi connectivity index (χ2n) is 5.33. The second kappa shape index (κ2) is 6.64. The number of rotatable bonds is 3. The minimum absolute atomic E-state index is 0. The van der Waals surface area contributed by atoms with E-state index in [1.165, 1.54) is 11.3 Å². The number of aryl methyl sites for hydroxylation is 1. The summed E-state index contributed by atoms with van der Waals surface area (Å²) >= 11 is 4.94. The minimum Gasteiger partial charge on any atom is -0.494 e. The number of hydrogen-bond acceptors (Lipinski definition) is 4. The van der Waals surface area contributed by atoms with Crippen LogP contribution in [0.15, 0.2) is 4.47 Å². The number of nitrogens with two attached hydrogens (primary N) is 1. The van der Waals surface area contributed by atoms with E-state index in [1.54, 1.807) is 7.11 Å². The molecule has 1 amide bonds. The fourth-order valence-electron chi connectivity index (χ4n) is 2.33. The summed E-state index contributed by atoms with van der Waals surface area (Å²) in [5.41, 5.74) is 5.83. The third-order valence-corrected chi connectivity index (χ3v) is 6.00. The number of hydrogen-bond donors (Lipinski definition) is 1. The van der Waals surface area contributed by atoms with Gasteiger partial charge in [0.25, 0.3) is 5.91 Å². The molecule has 0 radical (unpaired) electrons. The van der Waals surface area contributed by atoms with Crippen LogP contribution in [0.5, 0.6) is 5.75 Å².